The Morgan fingerprint density at radius 1 is 0.886 bits per heavy atom. The summed E-state index contributed by atoms with van der Waals surface area (Å²) in [4.78, 5) is 16.4. The number of thioether (sulfide) groups is 1. The van der Waals surface area contributed by atoms with Gasteiger partial charge in [-0.1, -0.05) is 117 Å². The molecule has 0 aromatic heterocycles. The van der Waals surface area contributed by atoms with Gasteiger partial charge >= 0.3 is 0 Å². The summed E-state index contributed by atoms with van der Waals surface area (Å²) in [6, 6.07) is 13.9. The Labute approximate surface area is 282 Å². The molecule has 0 saturated carbocycles. The van der Waals surface area contributed by atoms with Crippen molar-refractivity contribution in [3.8, 4) is 11.5 Å². The van der Waals surface area contributed by atoms with E-state index in [-0.39, 0.29) is 34.9 Å². The molecular weight excluding hydrogens is 632 g/mol. The quantitative estimate of drug-likeness (QED) is 0.140. The Bertz CT molecular complexity index is 1150. The highest BCUT2D eigenvalue weighted by molar-refractivity contribution is 8.93. The molecule has 246 valence electrons. The van der Waals surface area contributed by atoms with Crippen molar-refractivity contribution >= 4 is 40.3 Å². The van der Waals surface area contributed by atoms with Gasteiger partial charge in [0, 0.05) is 24.0 Å². The van der Waals surface area contributed by atoms with Crippen molar-refractivity contribution in [2.75, 3.05) is 24.4 Å². The van der Waals surface area contributed by atoms with Gasteiger partial charge in [0.15, 0.2) is 6.61 Å². The zero-order valence-corrected chi connectivity index (χ0v) is 30.5. The maximum Gasteiger partial charge on any atom is 0.262 e. The van der Waals surface area contributed by atoms with Crippen LogP contribution in [0.25, 0.3) is 0 Å². The van der Waals surface area contributed by atoms with Crippen molar-refractivity contribution in [1.29, 1.82) is 0 Å². The lowest BCUT2D eigenvalue weighted by molar-refractivity contribution is -0.118. The number of halogens is 1. The van der Waals surface area contributed by atoms with E-state index in [9.17, 15) is 4.79 Å². The topological polar surface area (TPSA) is 50.8 Å². The summed E-state index contributed by atoms with van der Waals surface area (Å²) in [5, 5.41) is 3.05. The van der Waals surface area contributed by atoms with Crippen LogP contribution in [0.15, 0.2) is 53.6 Å². The van der Waals surface area contributed by atoms with Crippen LogP contribution >= 0.6 is 28.7 Å². The molecule has 1 amide bonds. The average Bonchev–Trinajstić information content (AvgIpc) is 3.39. The number of nitrogens with one attached hydrogen (secondary N) is 1. The number of hydrogen-bond donors (Lipinski definition) is 1. The lowest BCUT2D eigenvalue weighted by Crippen LogP contribution is -2.22. The minimum absolute atomic E-state index is 0. The van der Waals surface area contributed by atoms with Crippen molar-refractivity contribution in [3.05, 3.63) is 64.7 Å². The molecule has 1 aliphatic rings. The fourth-order valence-corrected chi connectivity index (χ4v) is 6.14. The number of para-hydroxylation sites is 1. The molecular formula is C37H57BrN2O3S. The van der Waals surface area contributed by atoms with E-state index in [1.807, 2.05) is 48.2 Å². The first-order chi connectivity index (χ1) is 20.8. The molecule has 0 spiro atoms. The summed E-state index contributed by atoms with van der Waals surface area (Å²) in [6.07, 6.45) is 18.2. The lowest BCUT2D eigenvalue weighted by Gasteiger charge is -2.24. The van der Waals surface area contributed by atoms with Crippen molar-refractivity contribution in [3.63, 3.8) is 0 Å². The standard InChI is InChI=1S/C37H56N2O3S.BrH/c1-6-7-8-9-10-11-12-13-14-15-16-19-24-41-35-23-22-32(25-33(35)37(3,4)5)42-28-36(40)38-34-21-18-17-20-31(34)27-39-26-30(2)43-29-39;/h17-18,20-23,25-26H,6-16,19,24,27-29H2,1-5H3,(H,38,40);1H. The number of nitrogens with zero attached hydrogens (tertiary/aromatic N) is 1. The van der Waals surface area contributed by atoms with E-state index < -0.39 is 0 Å². The van der Waals surface area contributed by atoms with E-state index in [4.69, 9.17) is 9.47 Å². The molecule has 3 rings (SSSR count). The van der Waals surface area contributed by atoms with E-state index in [0.29, 0.717) is 5.75 Å². The Hall–Kier alpha value is -2.12. The fourth-order valence-electron chi connectivity index (χ4n) is 5.38. The zero-order chi connectivity index (χ0) is 30.9. The number of rotatable bonds is 20. The second-order valence-corrected chi connectivity index (χ2v) is 14.1. The second-order valence-electron chi connectivity index (χ2n) is 12.9. The number of allylic oxidation sites excluding steroid dienone is 1. The third-order valence-electron chi connectivity index (χ3n) is 7.87. The monoisotopic (exact) mass is 688 g/mol. The molecule has 2 aromatic carbocycles. The molecule has 44 heavy (non-hydrogen) atoms. The number of amides is 1. The fraction of sp³-hybridized carbons (Fsp3) is 0.595. The summed E-state index contributed by atoms with van der Waals surface area (Å²) in [5.41, 5.74) is 2.91. The number of carbonyl (C=O) groups excluding carboxylic acids is 1. The zero-order valence-electron chi connectivity index (χ0n) is 27.9. The molecule has 1 N–H and O–H groups in total. The van der Waals surface area contributed by atoms with Gasteiger partial charge < -0.3 is 19.7 Å². The van der Waals surface area contributed by atoms with Crippen LogP contribution in [0.3, 0.4) is 0 Å². The predicted octanol–water partition coefficient (Wildman–Crippen LogP) is 11.0. The van der Waals surface area contributed by atoms with E-state index in [2.05, 4.69) is 57.1 Å². The minimum atomic E-state index is -0.167. The minimum Gasteiger partial charge on any atom is -0.493 e. The van der Waals surface area contributed by atoms with Crippen LogP contribution < -0.4 is 14.8 Å². The highest BCUT2D eigenvalue weighted by atomic mass is 79.9. The van der Waals surface area contributed by atoms with Crippen LogP contribution in [0.1, 0.15) is 123 Å². The predicted molar refractivity (Wildman–Crippen MR) is 194 cm³/mol. The van der Waals surface area contributed by atoms with Crippen LogP contribution in [0.5, 0.6) is 11.5 Å². The highest BCUT2D eigenvalue weighted by Gasteiger charge is 2.21. The maximum absolute atomic E-state index is 12.8. The van der Waals surface area contributed by atoms with Crippen molar-refractivity contribution in [2.24, 2.45) is 0 Å². The number of anilines is 1. The molecule has 0 fully saturated rings. The van der Waals surface area contributed by atoms with Gasteiger partial charge in [0.05, 0.1) is 12.5 Å². The first-order valence-electron chi connectivity index (χ1n) is 16.6. The summed E-state index contributed by atoms with van der Waals surface area (Å²) in [6.45, 7) is 12.4. The number of carbonyl (C=O) groups is 1. The third kappa shape index (κ3) is 14.3. The second kappa shape index (κ2) is 20.8. The smallest absolute Gasteiger partial charge is 0.262 e. The molecule has 0 unspecified atom stereocenters. The van der Waals surface area contributed by atoms with Crippen LogP contribution in [0.4, 0.5) is 5.69 Å². The van der Waals surface area contributed by atoms with Gasteiger partial charge in [-0.3, -0.25) is 4.79 Å². The largest absolute Gasteiger partial charge is 0.493 e. The van der Waals surface area contributed by atoms with E-state index in [1.54, 1.807) is 0 Å². The highest BCUT2D eigenvalue weighted by Crippen LogP contribution is 2.35. The van der Waals surface area contributed by atoms with E-state index in [0.717, 1.165) is 48.0 Å². The van der Waals surface area contributed by atoms with Crippen LogP contribution in [-0.4, -0.2) is 29.9 Å². The lowest BCUT2D eigenvalue weighted by atomic mass is 9.86. The van der Waals surface area contributed by atoms with Crippen LogP contribution in [0, 0.1) is 0 Å². The van der Waals surface area contributed by atoms with Gasteiger partial charge in [-0.15, -0.1) is 28.7 Å². The molecule has 0 bridgehead atoms. The molecule has 2 aromatic rings. The SMILES string of the molecule is Br.CCCCCCCCCCCCCCOc1ccc(OCC(=O)Nc2ccccc2CN2C=C(C)SC2)cc1C(C)(C)C. The van der Waals surface area contributed by atoms with Crippen molar-refractivity contribution < 1.29 is 14.3 Å². The Kier molecular flexibility index (Phi) is 18.0. The summed E-state index contributed by atoms with van der Waals surface area (Å²) >= 11 is 1.84. The van der Waals surface area contributed by atoms with E-state index >= 15 is 0 Å². The summed E-state index contributed by atoms with van der Waals surface area (Å²) < 4.78 is 12.2. The van der Waals surface area contributed by atoms with E-state index in [1.165, 1.54) is 75.5 Å². The molecule has 0 radical (unpaired) electrons. The Morgan fingerprint density at radius 3 is 2.14 bits per heavy atom. The third-order valence-corrected chi connectivity index (χ3v) is 8.89. The molecule has 1 aliphatic heterocycles. The number of hydrogen-bond acceptors (Lipinski definition) is 5. The van der Waals surface area contributed by atoms with Crippen LogP contribution in [0.2, 0.25) is 0 Å². The van der Waals surface area contributed by atoms with Gasteiger partial charge in [-0.25, -0.2) is 0 Å². The average molecular weight is 690 g/mol. The van der Waals surface area contributed by atoms with Gasteiger partial charge in [-0.2, -0.15) is 0 Å². The molecule has 1 heterocycles. The first-order valence-corrected chi connectivity index (χ1v) is 17.6. The molecule has 5 nitrogen and oxygen atoms in total. The molecule has 7 heteroatoms. The van der Waals surface area contributed by atoms with Crippen molar-refractivity contribution in [1.82, 2.24) is 4.90 Å². The van der Waals surface area contributed by atoms with Gasteiger partial charge in [0.1, 0.15) is 11.5 Å². The Morgan fingerprint density at radius 2 is 1.52 bits per heavy atom. The normalized spacial score (nSPS) is 12.9. The van der Waals surface area contributed by atoms with Crippen LogP contribution in [-0.2, 0) is 16.8 Å². The molecule has 0 aliphatic carbocycles. The maximum atomic E-state index is 12.8. The Balaban J connectivity index is 0.00000675. The molecule has 0 saturated heterocycles. The van der Waals surface area contributed by atoms with Crippen molar-refractivity contribution in [2.45, 2.75) is 124 Å². The number of unbranched alkanes of at least 4 members (excludes halogenated alkanes) is 11. The van der Waals surface area contributed by atoms with Gasteiger partial charge in [0.25, 0.3) is 5.91 Å². The van der Waals surface area contributed by atoms with Gasteiger partial charge in [0.2, 0.25) is 0 Å². The summed E-state index contributed by atoms with van der Waals surface area (Å²) in [5.74, 6) is 2.36. The summed E-state index contributed by atoms with van der Waals surface area (Å²) in [7, 11) is 0. The number of ether oxygens (including phenoxy) is 2. The van der Waals surface area contributed by atoms with Gasteiger partial charge in [-0.05, 0) is 53.5 Å². The first kappa shape index (κ1) is 38.1. The number of benzene rings is 2. The molecule has 0 atom stereocenters.